The van der Waals surface area contributed by atoms with Crippen molar-refractivity contribution in [2.24, 2.45) is 0 Å². The Labute approximate surface area is 269 Å². The number of halogens is 3. The maximum Gasteiger partial charge on any atom is 0.337 e. The number of amides is 1. The minimum Gasteiger partial charge on any atom is -0.491 e. The number of benzene rings is 3. The Morgan fingerprint density at radius 1 is 1.02 bits per heavy atom. The van der Waals surface area contributed by atoms with Gasteiger partial charge in [0.1, 0.15) is 23.9 Å². The molecule has 7 rings (SSSR count). The van der Waals surface area contributed by atoms with Crippen LogP contribution in [0.3, 0.4) is 0 Å². The molecule has 3 fully saturated rings. The fraction of sp³-hybridized carbons (Fsp3) is 0.394. The van der Waals surface area contributed by atoms with Gasteiger partial charge in [-0.05, 0) is 49.9 Å². The van der Waals surface area contributed by atoms with E-state index >= 15 is 4.39 Å². The number of hydrogen-bond donors (Lipinski definition) is 1. The first-order valence-electron chi connectivity index (χ1n) is 15.0. The van der Waals surface area contributed by atoms with Crippen molar-refractivity contribution >= 4 is 40.8 Å². The molecular formula is C33H31Cl2FN2O7. The zero-order chi connectivity index (χ0) is 31.2. The van der Waals surface area contributed by atoms with E-state index in [1.165, 1.54) is 4.90 Å². The SMILES string of the molecule is O=C(O)c1cc(F)c(-c2cccc3c2OCN(C(=O)c2c(Cl)cc(OC[C@H]4CCCO4)cc2Cl)C3)cc1N1C2CCC1COC2. The number of rotatable bonds is 7. The van der Waals surface area contributed by atoms with Crippen LogP contribution in [-0.4, -0.2) is 73.2 Å². The van der Waals surface area contributed by atoms with E-state index in [0.717, 1.165) is 31.7 Å². The number of carbonyl (C=O) groups excluding carboxylic acids is 1. The third kappa shape index (κ3) is 5.69. The van der Waals surface area contributed by atoms with Crippen LogP contribution in [0.15, 0.2) is 42.5 Å². The molecule has 0 aromatic heterocycles. The molecule has 2 bridgehead atoms. The molecule has 4 aliphatic rings. The van der Waals surface area contributed by atoms with Gasteiger partial charge in [0.15, 0.2) is 6.73 Å². The van der Waals surface area contributed by atoms with E-state index in [2.05, 4.69) is 4.90 Å². The summed E-state index contributed by atoms with van der Waals surface area (Å²) in [4.78, 5) is 29.3. The van der Waals surface area contributed by atoms with Crippen LogP contribution >= 0.6 is 23.2 Å². The lowest BCUT2D eigenvalue weighted by molar-refractivity contribution is 0.0515. The fourth-order valence-corrected chi connectivity index (χ4v) is 7.38. The van der Waals surface area contributed by atoms with Crippen LogP contribution in [-0.2, 0) is 16.0 Å². The van der Waals surface area contributed by atoms with Crippen molar-refractivity contribution in [2.75, 3.05) is 38.1 Å². The molecule has 0 saturated carbocycles. The molecule has 3 aromatic rings. The molecule has 0 radical (unpaired) electrons. The topological polar surface area (TPSA) is 97.8 Å². The normalized spacial score (nSPS) is 22.2. The molecule has 9 nitrogen and oxygen atoms in total. The number of morpholine rings is 1. The zero-order valence-corrected chi connectivity index (χ0v) is 25.8. The summed E-state index contributed by atoms with van der Waals surface area (Å²) in [6.07, 6.45) is 3.69. The third-order valence-electron chi connectivity index (χ3n) is 8.92. The summed E-state index contributed by atoms with van der Waals surface area (Å²) in [5.41, 5.74) is 1.86. The second kappa shape index (κ2) is 12.3. The number of fused-ring (bicyclic) bond motifs is 3. The van der Waals surface area contributed by atoms with Crippen molar-refractivity contribution in [3.63, 3.8) is 0 Å². The number of carboxylic acid groups (broad SMARTS) is 1. The van der Waals surface area contributed by atoms with E-state index in [0.29, 0.717) is 54.7 Å². The average Bonchev–Trinajstić information content (AvgIpc) is 3.63. The van der Waals surface area contributed by atoms with Gasteiger partial charge in [-0.15, -0.1) is 0 Å². The molecule has 1 N–H and O–H groups in total. The van der Waals surface area contributed by atoms with Crippen molar-refractivity contribution in [2.45, 2.75) is 50.4 Å². The first-order valence-corrected chi connectivity index (χ1v) is 15.7. The lowest BCUT2D eigenvalue weighted by Gasteiger charge is -2.37. The van der Waals surface area contributed by atoms with Crippen LogP contribution in [0.4, 0.5) is 10.1 Å². The van der Waals surface area contributed by atoms with Crippen LogP contribution in [0, 0.1) is 5.82 Å². The van der Waals surface area contributed by atoms with E-state index in [1.807, 2.05) is 0 Å². The Balaban J connectivity index is 1.15. The van der Waals surface area contributed by atoms with Crippen molar-refractivity contribution in [1.82, 2.24) is 4.90 Å². The van der Waals surface area contributed by atoms with Gasteiger partial charge in [-0.1, -0.05) is 41.4 Å². The van der Waals surface area contributed by atoms with Gasteiger partial charge in [0.25, 0.3) is 5.91 Å². The van der Waals surface area contributed by atoms with Gasteiger partial charge >= 0.3 is 5.97 Å². The van der Waals surface area contributed by atoms with Crippen LogP contribution in [0.5, 0.6) is 11.5 Å². The van der Waals surface area contributed by atoms with E-state index < -0.39 is 17.7 Å². The Kier molecular flexibility index (Phi) is 8.24. The number of carbonyl (C=O) groups is 2. The molecule has 3 aromatic carbocycles. The van der Waals surface area contributed by atoms with E-state index in [1.54, 1.807) is 36.4 Å². The first kappa shape index (κ1) is 30.1. The molecule has 3 saturated heterocycles. The summed E-state index contributed by atoms with van der Waals surface area (Å²) in [6.45, 7) is 2.12. The molecular weight excluding hydrogens is 626 g/mol. The Hall–Kier alpha value is -3.57. The highest BCUT2D eigenvalue weighted by atomic mass is 35.5. The number of anilines is 1. The van der Waals surface area contributed by atoms with Crippen molar-refractivity contribution in [1.29, 1.82) is 0 Å². The molecule has 0 aliphatic carbocycles. The number of aromatic carboxylic acids is 1. The van der Waals surface area contributed by atoms with E-state index in [-0.39, 0.29) is 58.2 Å². The summed E-state index contributed by atoms with van der Waals surface area (Å²) in [5.74, 6) is -1.42. The Morgan fingerprint density at radius 2 is 1.78 bits per heavy atom. The summed E-state index contributed by atoms with van der Waals surface area (Å²) >= 11 is 13.1. The van der Waals surface area contributed by atoms with Crippen molar-refractivity contribution < 1.29 is 38.0 Å². The molecule has 3 atom stereocenters. The zero-order valence-electron chi connectivity index (χ0n) is 24.3. The molecule has 236 valence electrons. The molecule has 12 heteroatoms. The van der Waals surface area contributed by atoms with Crippen LogP contribution in [0.2, 0.25) is 10.0 Å². The number of carboxylic acids is 1. The van der Waals surface area contributed by atoms with Gasteiger partial charge < -0.3 is 33.9 Å². The predicted octanol–water partition coefficient (Wildman–Crippen LogP) is 6.42. The number of para-hydroxylation sites is 1. The van der Waals surface area contributed by atoms with Crippen molar-refractivity contribution in [3.8, 4) is 22.6 Å². The van der Waals surface area contributed by atoms with Gasteiger partial charge in [0.2, 0.25) is 0 Å². The lowest BCUT2D eigenvalue weighted by Crippen LogP contribution is -2.46. The maximum absolute atomic E-state index is 15.6. The second-order valence-electron chi connectivity index (χ2n) is 11.8. The summed E-state index contributed by atoms with van der Waals surface area (Å²) in [7, 11) is 0. The fourth-order valence-electron chi connectivity index (χ4n) is 6.75. The third-order valence-corrected chi connectivity index (χ3v) is 9.52. The minimum atomic E-state index is -1.19. The first-order chi connectivity index (χ1) is 21.8. The maximum atomic E-state index is 15.6. The molecule has 1 amide bonds. The Morgan fingerprint density at radius 3 is 2.47 bits per heavy atom. The minimum absolute atomic E-state index is 0.0176. The number of hydrogen-bond acceptors (Lipinski definition) is 7. The summed E-state index contributed by atoms with van der Waals surface area (Å²) in [5, 5.41) is 10.3. The van der Waals surface area contributed by atoms with Crippen LogP contribution in [0.1, 0.15) is 52.0 Å². The average molecular weight is 658 g/mol. The Bertz CT molecular complexity index is 1630. The van der Waals surface area contributed by atoms with Crippen LogP contribution in [0.25, 0.3) is 11.1 Å². The lowest BCUT2D eigenvalue weighted by atomic mass is 9.96. The summed E-state index contributed by atoms with van der Waals surface area (Å²) in [6, 6.07) is 11.2. The highest BCUT2D eigenvalue weighted by Gasteiger charge is 2.40. The predicted molar refractivity (Wildman–Crippen MR) is 165 cm³/mol. The van der Waals surface area contributed by atoms with Gasteiger partial charge in [0.05, 0.1) is 64.8 Å². The monoisotopic (exact) mass is 656 g/mol. The molecule has 4 aliphatic heterocycles. The highest BCUT2D eigenvalue weighted by molar-refractivity contribution is 6.39. The number of nitrogens with zero attached hydrogens (tertiary/aromatic N) is 2. The summed E-state index contributed by atoms with van der Waals surface area (Å²) < 4.78 is 38.8. The molecule has 0 spiro atoms. The van der Waals surface area contributed by atoms with Gasteiger partial charge in [-0.3, -0.25) is 4.79 Å². The van der Waals surface area contributed by atoms with Gasteiger partial charge in [0, 0.05) is 23.3 Å². The number of ether oxygens (including phenoxy) is 4. The van der Waals surface area contributed by atoms with Crippen LogP contribution < -0.4 is 14.4 Å². The highest BCUT2D eigenvalue weighted by Crippen LogP contribution is 2.43. The largest absolute Gasteiger partial charge is 0.491 e. The van der Waals surface area contributed by atoms with Crippen molar-refractivity contribution in [3.05, 3.63) is 75.0 Å². The second-order valence-corrected chi connectivity index (χ2v) is 12.6. The molecule has 4 heterocycles. The molecule has 45 heavy (non-hydrogen) atoms. The quantitative estimate of drug-likeness (QED) is 0.311. The molecule has 2 unspecified atom stereocenters. The van der Waals surface area contributed by atoms with E-state index in [9.17, 15) is 14.7 Å². The van der Waals surface area contributed by atoms with Gasteiger partial charge in [-0.2, -0.15) is 0 Å². The van der Waals surface area contributed by atoms with E-state index in [4.69, 9.17) is 42.1 Å². The smallest absolute Gasteiger partial charge is 0.337 e. The standard InChI is InChI=1S/C33H31Cl2FN2O7/c34-26-9-22(44-16-21-4-2-8-43-21)10-27(35)30(26)32(39)37-13-18-3-1-5-23(31(18)45-17-37)24-12-29(25(33(40)41)11-28(24)36)38-19-6-7-20(38)15-42-14-19/h1,3,5,9-12,19-21H,2,4,6-8,13-17H2,(H,40,41)/t19?,20?,21-/m1/s1. The van der Waals surface area contributed by atoms with Gasteiger partial charge in [-0.25, -0.2) is 9.18 Å².